The highest BCUT2D eigenvalue weighted by molar-refractivity contribution is 5.20. The van der Waals surface area contributed by atoms with E-state index in [1.165, 1.54) is 37.9 Å². The summed E-state index contributed by atoms with van der Waals surface area (Å²) in [6.45, 7) is 11.1. The van der Waals surface area contributed by atoms with Crippen molar-refractivity contribution < 1.29 is 4.42 Å². The normalized spacial score (nSPS) is 21.4. The first kappa shape index (κ1) is 15.6. The van der Waals surface area contributed by atoms with Crippen molar-refractivity contribution in [2.24, 2.45) is 11.8 Å². The fraction of sp³-hybridized carbons (Fsp3) is 0.765. The fourth-order valence-electron chi connectivity index (χ4n) is 3.26. The molecule has 2 rings (SSSR count). The highest BCUT2D eigenvalue weighted by Gasteiger charge is 2.20. The molecule has 2 heterocycles. The number of hydrogen-bond donors (Lipinski definition) is 1. The van der Waals surface area contributed by atoms with Gasteiger partial charge in [-0.3, -0.25) is 4.90 Å². The minimum absolute atomic E-state index is 0.822. The summed E-state index contributed by atoms with van der Waals surface area (Å²) in [6.07, 6.45) is 4.04. The predicted molar refractivity (Wildman–Crippen MR) is 83.7 cm³/mol. The van der Waals surface area contributed by atoms with Gasteiger partial charge in [-0.25, -0.2) is 0 Å². The molecule has 1 aliphatic rings. The van der Waals surface area contributed by atoms with Gasteiger partial charge in [-0.15, -0.1) is 0 Å². The van der Waals surface area contributed by atoms with Crippen molar-refractivity contribution >= 4 is 0 Å². The molecule has 114 valence electrons. The van der Waals surface area contributed by atoms with Crippen molar-refractivity contribution in [3.63, 3.8) is 0 Å². The van der Waals surface area contributed by atoms with Gasteiger partial charge in [-0.2, -0.15) is 0 Å². The molecule has 20 heavy (non-hydrogen) atoms. The van der Waals surface area contributed by atoms with Gasteiger partial charge in [-0.05, 0) is 64.2 Å². The summed E-state index contributed by atoms with van der Waals surface area (Å²) in [5.74, 6) is 3.90. The third-order valence-electron chi connectivity index (χ3n) is 4.63. The van der Waals surface area contributed by atoms with E-state index in [1.807, 2.05) is 7.05 Å². The lowest BCUT2D eigenvalue weighted by atomic mass is 9.89. The van der Waals surface area contributed by atoms with Crippen LogP contribution in [0.2, 0.25) is 0 Å². The van der Waals surface area contributed by atoms with Crippen LogP contribution in [0.1, 0.15) is 50.2 Å². The van der Waals surface area contributed by atoms with Gasteiger partial charge in [0, 0.05) is 12.1 Å². The number of aryl methyl sites for hydroxylation is 1. The second-order valence-corrected chi connectivity index (χ2v) is 6.54. The van der Waals surface area contributed by atoms with E-state index in [0.717, 1.165) is 36.4 Å². The third-order valence-corrected chi connectivity index (χ3v) is 4.63. The van der Waals surface area contributed by atoms with Gasteiger partial charge in [0.05, 0.1) is 6.54 Å². The van der Waals surface area contributed by atoms with Crippen LogP contribution < -0.4 is 5.32 Å². The van der Waals surface area contributed by atoms with Crippen LogP contribution in [0, 0.1) is 18.8 Å². The maximum atomic E-state index is 5.90. The molecule has 3 nitrogen and oxygen atoms in total. The smallest absolute Gasteiger partial charge is 0.118 e. The van der Waals surface area contributed by atoms with E-state index in [1.54, 1.807) is 0 Å². The number of nitrogens with zero attached hydrogens (tertiary/aromatic N) is 1. The quantitative estimate of drug-likeness (QED) is 0.892. The first-order valence-electron chi connectivity index (χ1n) is 8.05. The topological polar surface area (TPSA) is 28.4 Å². The monoisotopic (exact) mass is 278 g/mol. The maximum absolute atomic E-state index is 5.90. The Morgan fingerprint density at radius 1 is 1.35 bits per heavy atom. The second kappa shape index (κ2) is 7.28. The summed E-state index contributed by atoms with van der Waals surface area (Å²) in [5, 5.41) is 3.20. The van der Waals surface area contributed by atoms with Crippen molar-refractivity contribution in [3.8, 4) is 0 Å². The van der Waals surface area contributed by atoms with E-state index in [0.29, 0.717) is 0 Å². The number of likely N-dealkylation sites (tertiary alicyclic amines) is 1. The Morgan fingerprint density at radius 2 is 2.15 bits per heavy atom. The van der Waals surface area contributed by atoms with Gasteiger partial charge >= 0.3 is 0 Å². The van der Waals surface area contributed by atoms with E-state index in [4.69, 9.17) is 4.42 Å². The Balaban J connectivity index is 1.91. The molecule has 1 aromatic rings. The Kier molecular flexibility index (Phi) is 5.67. The second-order valence-electron chi connectivity index (χ2n) is 6.54. The van der Waals surface area contributed by atoms with Crippen LogP contribution in [0.3, 0.4) is 0 Å². The van der Waals surface area contributed by atoms with Crippen LogP contribution in [0.5, 0.6) is 0 Å². The van der Waals surface area contributed by atoms with Gasteiger partial charge in [0.25, 0.3) is 0 Å². The lowest BCUT2D eigenvalue weighted by Crippen LogP contribution is -2.24. The number of nitrogens with one attached hydrogen (secondary N) is 1. The van der Waals surface area contributed by atoms with Crippen LogP contribution in [0.15, 0.2) is 10.5 Å². The van der Waals surface area contributed by atoms with E-state index in [2.05, 4.69) is 37.1 Å². The Labute approximate surface area is 123 Å². The highest BCUT2D eigenvalue weighted by Crippen LogP contribution is 2.25. The Morgan fingerprint density at radius 3 is 2.85 bits per heavy atom. The van der Waals surface area contributed by atoms with Gasteiger partial charge in [0.15, 0.2) is 0 Å². The molecule has 3 heteroatoms. The summed E-state index contributed by atoms with van der Waals surface area (Å²) in [7, 11) is 1.98. The standard InChI is InChI=1S/C17H30N2O/c1-13(2)15-6-5-8-19(9-7-15)12-17-10-16(11-18-4)14(3)20-17/h10,13,15,18H,5-9,11-12H2,1-4H3. The zero-order valence-electron chi connectivity index (χ0n) is 13.5. The molecule has 0 saturated carbocycles. The molecule has 1 N–H and O–H groups in total. The third kappa shape index (κ3) is 4.10. The molecular weight excluding hydrogens is 248 g/mol. The SMILES string of the molecule is CNCc1cc(CN2CCCC(C(C)C)CC2)oc1C. The summed E-state index contributed by atoms with van der Waals surface area (Å²) in [6, 6.07) is 2.22. The highest BCUT2D eigenvalue weighted by atomic mass is 16.3. The van der Waals surface area contributed by atoms with Gasteiger partial charge in [0.1, 0.15) is 11.5 Å². The molecular formula is C17H30N2O. The maximum Gasteiger partial charge on any atom is 0.118 e. The van der Waals surface area contributed by atoms with Crippen LogP contribution in [-0.4, -0.2) is 25.0 Å². The van der Waals surface area contributed by atoms with Crippen molar-refractivity contribution in [2.75, 3.05) is 20.1 Å². The molecule has 0 aliphatic carbocycles. The van der Waals surface area contributed by atoms with Crippen LogP contribution >= 0.6 is 0 Å². The number of furan rings is 1. The van der Waals surface area contributed by atoms with E-state index in [-0.39, 0.29) is 0 Å². The predicted octanol–water partition coefficient (Wildman–Crippen LogP) is 3.57. The van der Waals surface area contributed by atoms with Gasteiger partial charge in [0.2, 0.25) is 0 Å². The number of rotatable bonds is 5. The molecule has 0 aromatic carbocycles. The molecule has 0 radical (unpaired) electrons. The Hall–Kier alpha value is -0.800. The molecule has 1 aromatic heterocycles. The van der Waals surface area contributed by atoms with Crippen molar-refractivity contribution in [2.45, 2.75) is 53.1 Å². The van der Waals surface area contributed by atoms with Crippen LogP contribution in [0.25, 0.3) is 0 Å². The fourth-order valence-corrected chi connectivity index (χ4v) is 3.26. The largest absolute Gasteiger partial charge is 0.465 e. The number of hydrogen-bond acceptors (Lipinski definition) is 3. The minimum atomic E-state index is 0.822. The summed E-state index contributed by atoms with van der Waals surface area (Å²) >= 11 is 0. The van der Waals surface area contributed by atoms with E-state index in [9.17, 15) is 0 Å². The van der Waals surface area contributed by atoms with Crippen LogP contribution in [-0.2, 0) is 13.1 Å². The first-order chi connectivity index (χ1) is 9.60. The molecule has 0 spiro atoms. The summed E-state index contributed by atoms with van der Waals surface area (Å²) in [5.41, 5.74) is 1.29. The van der Waals surface area contributed by atoms with E-state index >= 15 is 0 Å². The van der Waals surface area contributed by atoms with Gasteiger partial charge in [-0.1, -0.05) is 13.8 Å². The minimum Gasteiger partial charge on any atom is -0.465 e. The molecule has 1 saturated heterocycles. The van der Waals surface area contributed by atoms with Gasteiger partial charge < -0.3 is 9.73 Å². The lowest BCUT2D eigenvalue weighted by Gasteiger charge is -2.20. The van der Waals surface area contributed by atoms with Crippen molar-refractivity contribution in [3.05, 3.63) is 23.2 Å². The molecule has 1 atom stereocenters. The first-order valence-corrected chi connectivity index (χ1v) is 8.05. The zero-order chi connectivity index (χ0) is 14.5. The van der Waals surface area contributed by atoms with Crippen molar-refractivity contribution in [1.82, 2.24) is 10.2 Å². The average molecular weight is 278 g/mol. The average Bonchev–Trinajstić information content (AvgIpc) is 2.62. The van der Waals surface area contributed by atoms with E-state index < -0.39 is 0 Å². The lowest BCUT2D eigenvalue weighted by molar-refractivity contribution is 0.243. The summed E-state index contributed by atoms with van der Waals surface area (Å²) in [4.78, 5) is 2.56. The molecule has 1 unspecified atom stereocenters. The summed E-state index contributed by atoms with van der Waals surface area (Å²) < 4.78 is 5.90. The van der Waals surface area contributed by atoms with Crippen molar-refractivity contribution in [1.29, 1.82) is 0 Å². The zero-order valence-corrected chi connectivity index (χ0v) is 13.5. The molecule has 0 bridgehead atoms. The van der Waals surface area contributed by atoms with Crippen LogP contribution in [0.4, 0.5) is 0 Å². The molecule has 0 amide bonds. The molecule has 1 fully saturated rings. The molecule has 1 aliphatic heterocycles. The Bertz CT molecular complexity index is 411.